The van der Waals surface area contributed by atoms with Crippen molar-refractivity contribution < 1.29 is 4.79 Å². The molecule has 0 aromatic heterocycles. The third-order valence-corrected chi connectivity index (χ3v) is 3.51. The van der Waals surface area contributed by atoms with Gasteiger partial charge in [0.15, 0.2) is 0 Å². The van der Waals surface area contributed by atoms with Crippen LogP contribution in [0.3, 0.4) is 0 Å². The fraction of sp³-hybridized carbons (Fsp3) is 0.650. The van der Waals surface area contributed by atoms with E-state index in [1.807, 2.05) is 12.2 Å². The monoisotopic (exact) mass is 305 g/mol. The van der Waals surface area contributed by atoms with E-state index < -0.39 is 0 Å². The third-order valence-electron chi connectivity index (χ3n) is 3.51. The summed E-state index contributed by atoms with van der Waals surface area (Å²) < 4.78 is 0. The second kappa shape index (κ2) is 14.6. The van der Waals surface area contributed by atoms with E-state index in [0.717, 1.165) is 18.4 Å². The van der Waals surface area contributed by atoms with Gasteiger partial charge in [-0.05, 0) is 50.9 Å². The predicted octanol–water partition coefficient (Wildman–Crippen LogP) is 5.70. The maximum absolute atomic E-state index is 11.3. The molecule has 0 aliphatic heterocycles. The van der Waals surface area contributed by atoms with Crippen molar-refractivity contribution in [3.05, 3.63) is 36.0 Å². The second-order valence-corrected chi connectivity index (χ2v) is 6.33. The quantitative estimate of drug-likeness (QED) is 0.202. The number of nitrogens with two attached hydrogens (primary N) is 1. The number of carbonyl (C=O) groups is 1. The van der Waals surface area contributed by atoms with Crippen LogP contribution < -0.4 is 5.73 Å². The molecule has 1 amide bonds. The van der Waals surface area contributed by atoms with Crippen LogP contribution in [-0.4, -0.2) is 5.91 Å². The van der Waals surface area contributed by atoms with Crippen LogP contribution in [0.15, 0.2) is 36.0 Å². The minimum atomic E-state index is -0.299. The van der Waals surface area contributed by atoms with Crippen LogP contribution in [0.2, 0.25) is 0 Å². The van der Waals surface area contributed by atoms with Crippen LogP contribution in [0.5, 0.6) is 0 Å². The molecule has 2 nitrogen and oxygen atoms in total. The Balaban J connectivity index is 3.74. The van der Waals surface area contributed by atoms with E-state index in [-0.39, 0.29) is 5.91 Å². The summed E-state index contributed by atoms with van der Waals surface area (Å²) in [6.07, 6.45) is 21.2. The standard InChI is InChI=1S/C20H35NO/c1-4-5-6-7-8-9-10-11-12-13-14-15-16-19(20(21)22)17-18(2)3/h8-9,14-16,18H,4-7,10-13,17H2,1-3H3,(H2,21,22). The minimum absolute atomic E-state index is 0.299. The molecule has 0 spiro atoms. The molecule has 0 saturated heterocycles. The zero-order valence-corrected chi connectivity index (χ0v) is 14.8. The second-order valence-electron chi connectivity index (χ2n) is 6.33. The topological polar surface area (TPSA) is 43.1 Å². The zero-order chi connectivity index (χ0) is 16.6. The first-order valence-corrected chi connectivity index (χ1v) is 8.88. The van der Waals surface area contributed by atoms with Crippen molar-refractivity contribution in [1.82, 2.24) is 0 Å². The van der Waals surface area contributed by atoms with Crippen molar-refractivity contribution in [2.45, 2.75) is 78.6 Å². The van der Waals surface area contributed by atoms with E-state index in [2.05, 4.69) is 39.0 Å². The first-order chi connectivity index (χ1) is 10.6. The van der Waals surface area contributed by atoms with E-state index in [4.69, 9.17) is 5.73 Å². The number of hydrogen-bond donors (Lipinski definition) is 1. The molecule has 0 rings (SSSR count). The maximum Gasteiger partial charge on any atom is 0.244 e. The molecule has 0 aliphatic rings. The lowest BCUT2D eigenvalue weighted by atomic mass is 10.0. The van der Waals surface area contributed by atoms with Crippen LogP contribution in [0.4, 0.5) is 0 Å². The van der Waals surface area contributed by atoms with E-state index in [1.165, 1.54) is 44.9 Å². The van der Waals surface area contributed by atoms with Crippen molar-refractivity contribution in [3.63, 3.8) is 0 Å². The van der Waals surface area contributed by atoms with Gasteiger partial charge in [-0.2, -0.15) is 0 Å². The summed E-state index contributed by atoms with van der Waals surface area (Å²) in [5.41, 5.74) is 6.10. The van der Waals surface area contributed by atoms with Gasteiger partial charge in [0, 0.05) is 5.57 Å². The van der Waals surface area contributed by atoms with Crippen LogP contribution >= 0.6 is 0 Å². The number of carbonyl (C=O) groups excluding carboxylic acids is 1. The molecule has 0 aromatic carbocycles. The van der Waals surface area contributed by atoms with Gasteiger partial charge in [0.05, 0.1) is 0 Å². The number of unbranched alkanes of at least 4 members (excludes halogenated alkanes) is 6. The number of allylic oxidation sites excluding steroid dienone is 5. The molecule has 2 heteroatoms. The number of hydrogen-bond acceptors (Lipinski definition) is 1. The van der Waals surface area contributed by atoms with Crippen molar-refractivity contribution in [2.24, 2.45) is 11.7 Å². The molecular weight excluding hydrogens is 270 g/mol. The van der Waals surface area contributed by atoms with Crippen molar-refractivity contribution >= 4 is 5.91 Å². The Bertz CT molecular complexity index is 364. The van der Waals surface area contributed by atoms with Gasteiger partial charge in [0.25, 0.3) is 0 Å². The Kier molecular flexibility index (Phi) is 13.7. The molecule has 126 valence electrons. The molecule has 2 N–H and O–H groups in total. The fourth-order valence-electron chi connectivity index (χ4n) is 2.24. The highest BCUT2D eigenvalue weighted by Crippen LogP contribution is 2.10. The van der Waals surface area contributed by atoms with Gasteiger partial charge in [0.1, 0.15) is 0 Å². The molecule has 0 saturated carbocycles. The van der Waals surface area contributed by atoms with Gasteiger partial charge in [-0.3, -0.25) is 4.79 Å². The lowest BCUT2D eigenvalue weighted by Gasteiger charge is -2.04. The van der Waals surface area contributed by atoms with Crippen LogP contribution in [0.1, 0.15) is 78.6 Å². The molecule has 0 heterocycles. The van der Waals surface area contributed by atoms with Gasteiger partial charge in [-0.15, -0.1) is 0 Å². The molecule has 0 aliphatic carbocycles. The Morgan fingerprint density at radius 1 is 0.955 bits per heavy atom. The molecule has 0 fully saturated rings. The van der Waals surface area contributed by atoms with Gasteiger partial charge in [-0.1, -0.05) is 64.0 Å². The van der Waals surface area contributed by atoms with Crippen molar-refractivity contribution in [1.29, 1.82) is 0 Å². The maximum atomic E-state index is 11.3. The Labute approximate surface area is 137 Å². The van der Waals surface area contributed by atoms with Crippen molar-refractivity contribution in [3.8, 4) is 0 Å². The van der Waals surface area contributed by atoms with Crippen LogP contribution in [0.25, 0.3) is 0 Å². The summed E-state index contributed by atoms with van der Waals surface area (Å²) in [7, 11) is 0. The highest BCUT2D eigenvalue weighted by atomic mass is 16.1. The lowest BCUT2D eigenvalue weighted by Crippen LogP contribution is -2.15. The third kappa shape index (κ3) is 13.7. The average Bonchev–Trinajstić information content (AvgIpc) is 2.46. The number of amides is 1. The van der Waals surface area contributed by atoms with Crippen LogP contribution in [-0.2, 0) is 4.79 Å². The van der Waals surface area contributed by atoms with Gasteiger partial charge >= 0.3 is 0 Å². The zero-order valence-electron chi connectivity index (χ0n) is 14.8. The number of rotatable bonds is 13. The Morgan fingerprint density at radius 2 is 1.50 bits per heavy atom. The average molecular weight is 306 g/mol. The van der Waals surface area contributed by atoms with E-state index >= 15 is 0 Å². The van der Waals surface area contributed by atoms with Gasteiger partial charge in [-0.25, -0.2) is 0 Å². The molecular formula is C20H35NO. The SMILES string of the molecule is CCCCCC=CCCCCC=CC=C(CC(C)C)C(N)=O. The number of primary amides is 1. The summed E-state index contributed by atoms with van der Waals surface area (Å²) in [5, 5.41) is 0. The molecule has 0 aromatic rings. The summed E-state index contributed by atoms with van der Waals surface area (Å²) in [6, 6.07) is 0. The lowest BCUT2D eigenvalue weighted by molar-refractivity contribution is -0.114. The van der Waals surface area contributed by atoms with E-state index in [0.29, 0.717) is 5.92 Å². The molecule has 22 heavy (non-hydrogen) atoms. The molecule has 0 unspecified atom stereocenters. The smallest absolute Gasteiger partial charge is 0.244 e. The summed E-state index contributed by atoms with van der Waals surface area (Å²) in [4.78, 5) is 11.3. The molecule has 0 radical (unpaired) electrons. The minimum Gasteiger partial charge on any atom is -0.366 e. The van der Waals surface area contributed by atoms with E-state index in [1.54, 1.807) is 0 Å². The van der Waals surface area contributed by atoms with E-state index in [9.17, 15) is 4.79 Å². The molecule has 0 bridgehead atoms. The van der Waals surface area contributed by atoms with Gasteiger partial charge in [0.2, 0.25) is 5.91 Å². The predicted molar refractivity (Wildman–Crippen MR) is 97.6 cm³/mol. The summed E-state index contributed by atoms with van der Waals surface area (Å²) >= 11 is 0. The highest BCUT2D eigenvalue weighted by Gasteiger charge is 2.05. The largest absolute Gasteiger partial charge is 0.366 e. The first kappa shape index (κ1) is 20.7. The highest BCUT2D eigenvalue weighted by molar-refractivity contribution is 5.92. The molecule has 0 atom stereocenters. The Hall–Kier alpha value is -1.31. The summed E-state index contributed by atoms with van der Waals surface area (Å²) in [6.45, 7) is 6.42. The normalized spacial score (nSPS) is 12.8. The summed E-state index contributed by atoms with van der Waals surface area (Å²) in [5.74, 6) is 0.155. The Morgan fingerprint density at radius 3 is 2.00 bits per heavy atom. The van der Waals surface area contributed by atoms with Gasteiger partial charge < -0.3 is 5.73 Å². The van der Waals surface area contributed by atoms with Crippen molar-refractivity contribution in [2.75, 3.05) is 0 Å². The first-order valence-electron chi connectivity index (χ1n) is 8.88. The fourth-order valence-corrected chi connectivity index (χ4v) is 2.24. The van der Waals surface area contributed by atoms with Crippen LogP contribution in [0, 0.1) is 5.92 Å².